The first kappa shape index (κ1) is 16.4. The molecule has 0 aromatic heterocycles. The van der Waals surface area contributed by atoms with Crippen molar-refractivity contribution in [3.8, 4) is 0 Å². The first-order valence-corrected chi connectivity index (χ1v) is 6.64. The van der Waals surface area contributed by atoms with Crippen LogP contribution in [0.15, 0.2) is 0 Å². The van der Waals surface area contributed by atoms with Crippen LogP contribution in [-0.2, 0) is 4.79 Å². The predicted molar refractivity (Wildman–Crippen MR) is 71.7 cm³/mol. The van der Waals surface area contributed by atoms with Crippen LogP contribution in [0.5, 0.6) is 0 Å². The number of carbonyl (C=O) groups is 1. The van der Waals surface area contributed by atoms with E-state index in [0.29, 0.717) is 24.8 Å². The molecule has 3 heteroatoms. The Bertz CT molecular complexity index is 224. The molecule has 0 aliphatic rings. The van der Waals surface area contributed by atoms with Crippen LogP contribution in [0.25, 0.3) is 0 Å². The molecular formula is C14H29NO2. The van der Waals surface area contributed by atoms with Crippen molar-refractivity contribution in [2.24, 2.45) is 17.3 Å². The zero-order valence-electron chi connectivity index (χ0n) is 12.0. The summed E-state index contributed by atoms with van der Waals surface area (Å²) in [7, 11) is 0. The molecule has 0 aromatic rings. The number of aliphatic hydroxyl groups excluding tert-OH is 1. The molecule has 0 radical (unpaired) electrons. The Kier molecular flexibility index (Phi) is 7.44. The molecule has 102 valence electrons. The number of aliphatic hydroxyl groups is 1. The number of hydrogen-bond acceptors (Lipinski definition) is 2. The van der Waals surface area contributed by atoms with E-state index in [-0.39, 0.29) is 17.9 Å². The van der Waals surface area contributed by atoms with Gasteiger partial charge in [-0.05, 0) is 30.1 Å². The zero-order chi connectivity index (χ0) is 13.5. The lowest BCUT2D eigenvalue weighted by Crippen LogP contribution is -2.35. The van der Waals surface area contributed by atoms with E-state index in [1.165, 1.54) is 0 Å². The van der Waals surface area contributed by atoms with Crippen molar-refractivity contribution in [2.75, 3.05) is 13.2 Å². The quantitative estimate of drug-likeness (QED) is 0.688. The van der Waals surface area contributed by atoms with Crippen LogP contribution in [0.1, 0.15) is 53.9 Å². The normalized spacial score (nSPS) is 13.8. The molecule has 0 bridgehead atoms. The molecule has 3 nitrogen and oxygen atoms in total. The first-order valence-electron chi connectivity index (χ1n) is 6.64. The van der Waals surface area contributed by atoms with Gasteiger partial charge in [0, 0.05) is 19.6 Å². The van der Waals surface area contributed by atoms with E-state index in [0.717, 1.165) is 12.8 Å². The number of carbonyl (C=O) groups excluding carboxylic acids is 1. The number of hydrogen-bond donors (Lipinski definition) is 2. The number of amides is 1. The fourth-order valence-corrected chi connectivity index (χ4v) is 2.01. The maximum Gasteiger partial charge on any atom is 0.220 e. The van der Waals surface area contributed by atoms with Crippen LogP contribution < -0.4 is 5.32 Å². The minimum Gasteiger partial charge on any atom is -0.396 e. The van der Waals surface area contributed by atoms with Crippen LogP contribution >= 0.6 is 0 Å². The van der Waals surface area contributed by atoms with E-state index >= 15 is 0 Å². The Morgan fingerprint density at radius 2 is 1.88 bits per heavy atom. The van der Waals surface area contributed by atoms with Crippen molar-refractivity contribution in [3.05, 3.63) is 0 Å². The molecule has 0 fully saturated rings. The van der Waals surface area contributed by atoms with Crippen molar-refractivity contribution in [1.82, 2.24) is 5.32 Å². The average molecular weight is 243 g/mol. The summed E-state index contributed by atoms with van der Waals surface area (Å²) in [6.45, 7) is 11.4. The highest BCUT2D eigenvalue weighted by atomic mass is 16.3. The highest BCUT2D eigenvalue weighted by Crippen LogP contribution is 2.19. The molecule has 0 saturated carbocycles. The summed E-state index contributed by atoms with van der Waals surface area (Å²) in [5, 5.41) is 11.9. The molecule has 0 saturated heterocycles. The van der Waals surface area contributed by atoms with Crippen molar-refractivity contribution in [2.45, 2.75) is 53.9 Å². The Labute approximate surface area is 106 Å². The first-order chi connectivity index (χ1) is 7.76. The Morgan fingerprint density at radius 3 is 2.35 bits per heavy atom. The smallest absolute Gasteiger partial charge is 0.220 e. The average Bonchev–Trinajstić information content (AvgIpc) is 2.13. The van der Waals surface area contributed by atoms with Crippen LogP contribution in [0.4, 0.5) is 0 Å². The van der Waals surface area contributed by atoms with Gasteiger partial charge in [-0.3, -0.25) is 4.79 Å². The third-order valence-electron chi connectivity index (χ3n) is 2.96. The lowest BCUT2D eigenvalue weighted by Gasteiger charge is -2.24. The van der Waals surface area contributed by atoms with Gasteiger partial charge in [-0.15, -0.1) is 0 Å². The summed E-state index contributed by atoms with van der Waals surface area (Å²) in [5.41, 5.74) is -0.0221. The van der Waals surface area contributed by atoms with E-state index < -0.39 is 0 Å². The Balaban J connectivity index is 3.87. The van der Waals surface area contributed by atoms with Gasteiger partial charge in [-0.25, -0.2) is 0 Å². The van der Waals surface area contributed by atoms with E-state index in [2.05, 4.69) is 39.9 Å². The number of rotatable bonds is 8. The zero-order valence-corrected chi connectivity index (χ0v) is 12.0. The fraction of sp³-hybridized carbons (Fsp3) is 0.929. The molecule has 1 atom stereocenters. The van der Waals surface area contributed by atoms with Gasteiger partial charge in [0.2, 0.25) is 5.91 Å². The molecule has 0 rings (SSSR count). The highest BCUT2D eigenvalue weighted by molar-refractivity contribution is 5.76. The van der Waals surface area contributed by atoms with Crippen LogP contribution in [0, 0.1) is 17.3 Å². The van der Waals surface area contributed by atoms with E-state index in [4.69, 9.17) is 5.11 Å². The second-order valence-corrected chi connectivity index (χ2v) is 6.35. The summed E-state index contributed by atoms with van der Waals surface area (Å²) in [4.78, 5) is 11.7. The van der Waals surface area contributed by atoms with E-state index in [1.54, 1.807) is 0 Å². The van der Waals surface area contributed by atoms with Crippen molar-refractivity contribution >= 4 is 5.91 Å². The lowest BCUT2D eigenvalue weighted by atomic mass is 9.89. The van der Waals surface area contributed by atoms with Crippen LogP contribution in [-0.4, -0.2) is 24.2 Å². The monoisotopic (exact) mass is 243 g/mol. The molecule has 0 aromatic carbocycles. The Morgan fingerprint density at radius 1 is 1.29 bits per heavy atom. The number of nitrogens with one attached hydrogen (secondary N) is 1. The van der Waals surface area contributed by atoms with Gasteiger partial charge in [0.1, 0.15) is 0 Å². The SMILES string of the molecule is CC(C)CC(C)CC(=O)NCC(C)(C)CCO. The second-order valence-electron chi connectivity index (χ2n) is 6.35. The molecular weight excluding hydrogens is 214 g/mol. The molecule has 0 aliphatic carbocycles. The predicted octanol–water partition coefficient (Wildman–Crippen LogP) is 2.58. The maximum absolute atomic E-state index is 11.7. The van der Waals surface area contributed by atoms with Crippen molar-refractivity contribution < 1.29 is 9.90 Å². The van der Waals surface area contributed by atoms with E-state index in [1.807, 2.05) is 0 Å². The lowest BCUT2D eigenvalue weighted by molar-refractivity contribution is -0.122. The standard InChI is InChI=1S/C14H29NO2/c1-11(2)8-12(3)9-13(17)15-10-14(4,5)6-7-16/h11-12,16H,6-10H2,1-5H3,(H,15,17). The molecule has 0 aliphatic heterocycles. The molecule has 1 amide bonds. The van der Waals surface area contributed by atoms with Gasteiger partial charge in [-0.2, -0.15) is 0 Å². The van der Waals surface area contributed by atoms with E-state index in [9.17, 15) is 4.79 Å². The van der Waals surface area contributed by atoms with Gasteiger partial charge >= 0.3 is 0 Å². The van der Waals surface area contributed by atoms with Crippen LogP contribution in [0.3, 0.4) is 0 Å². The van der Waals surface area contributed by atoms with Crippen molar-refractivity contribution in [1.29, 1.82) is 0 Å². The summed E-state index contributed by atoms with van der Waals surface area (Å²) in [6, 6.07) is 0. The molecule has 0 spiro atoms. The van der Waals surface area contributed by atoms with Gasteiger partial charge in [0.05, 0.1) is 0 Å². The van der Waals surface area contributed by atoms with Gasteiger partial charge < -0.3 is 10.4 Å². The molecule has 17 heavy (non-hydrogen) atoms. The van der Waals surface area contributed by atoms with Gasteiger partial charge in [0.25, 0.3) is 0 Å². The third-order valence-corrected chi connectivity index (χ3v) is 2.96. The topological polar surface area (TPSA) is 49.3 Å². The minimum atomic E-state index is -0.0221. The molecule has 1 unspecified atom stereocenters. The maximum atomic E-state index is 11.7. The second kappa shape index (κ2) is 7.70. The van der Waals surface area contributed by atoms with Crippen LogP contribution in [0.2, 0.25) is 0 Å². The Hall–Kier alpha value is -0.570. The molecule has 0 heterocycles. The van der Waals surface area contributed by atoms with Crippen molar-refractivity contribution in [3.63, 3.8) is 0 Å². The minimum absolute atomic E-state index is 0.0221. The van der Waals surface area contributed by atoms with Gasteiger partial charge in [-0.1, -0.05) is 34.6 Å². The summed E-state index contributed by atoms with van der Waals surface area (Å²) in [6.07, 6.45) is 2.41. The largest absolute Gasteiger partial charge is 0.396 e. The molecule has 2 N–H and O–H groups in total. The highest BCUT2D eigenvalue weighted by Gasteiger charge is 2.18. The summed E-state index contributed by atoms with van der Waals surface area (Å²) < 4.78 is 0. The summed E-state index contributed by atoms with van der Waals surface area (Å²) >= 11 is 0. The summed E-state index contributed by atoms with van der Waals surface area (Å²) in [5.74, 6) is 1.21. The fourth-order valence-electron chi connectivity index (χ4n) is 2.01. The van der Waals surface area contributed by atoms with Gasteiger partial charge in [0.15, 0.2) is 0 Å². The third kappa shape index (κ3) is 9.16.